The largest absolute Gasteiger partial charge is 0.357 e. The van der Waals surface area contributed by atoms with Gasteiger partial charge in [0.05, 0.1) is 6.54 Å². The molecule has 1 amide bonds. The zero-order valence-corrected chi connectivity index (χ0v) is 19.4. The molecule has 0 saturated heterocycles. The lowest BCUT2D eigenvalue weighted by atomic mass is 10.1. The van der Waals surface area contributed by atoms with Gasteiger partial charge in [0, 0.05) is 24.7 Å². The number of hydrogen-bond donors (Lipinski definition) is 3. The quantitative estimate of drug-likeness (QED) is 0.303. The Balaban J connectivity index is 0.00000392. The van der Waals surface area contributed by atoms with Crippen molar-refractivity contribution < 1.29 is 4.79 Å². The third-order valence-electron chi connectivity index (χ3n) is 4.05. The molecule has 0 saturated carbocycles. The lowest BCUT2D eigenvalue weighted by Gasteiger charge is -2.12. The van der Waals surface area contributed by atoms with E-state index in [1.807, 2.05) is 38.1 Å². The highest BCUT2D eigenvalue weighted by atomic mass is 127. The van der Waals surface area contributed by atoms with Crippen LogP contribution in [-0.2, 0) is 17.9 Å². The van der Waals surface area contributed by atoms with Gasteiger partial charge in [-0.3, -0.25) is 4.79 Å². The second-order valence-corrected chi connectivity index (χ2v) is 6.88. The summed E-state index contributed by atoms with van der Waals surface area (Å²) in [5.41, 5.74) is 4.37. The van der Waals surface area contributed by atoms with Crippen LogP contribution in [0.1, 0.15) is 37.5 Å². The van der Waals surface area contributed by atoms with Gasteiger partial charge in [-0.2, -0.15) is 0 Å². The van der Waals surface area contributed by atoms with Gasteiger partial charge in [0.1, 0.15) is 0 Å². The molecule has 0 radical (unpaired) electrons. The Bertz CT molecular complexity index is 772. The number of benzene rings is 2. The first-order valence-electron chi connectivity index (χ1n) is 9.45. The number of carbonyl (C=O) groups is 1. The monoisotopic (exact) mass is 494 g/mol. The van der Waals surface area contributed by atoms with Gasteiger partial charge in [0.15, 0.2) is 5.96 Å². The van der Waals surface area contributed by atoms with Gasteiger partial charge >= 0.3 is 0 Å². The summed E-state index contributed by atoms with van der Waals surface area (Å²) in [6.45, 7) is 10.0. The molecule has 2 aromatic rings. The molecule has 0 aliphatic rings. The molecule has 2 aromatic carbocycles. The van der Waals surface area contributed by atoms with Crippen LogP contribution < -0.4 is 16.0 Å². The molecule has 0 atom stereocenters. The summed E-state index contributed by atoms with van der Waals surface area (Å²) in [7, 11) is 0. The van der Waals surface area contributed by atoms with E-state index in [4.69, 9.17) is 0 Å². The number of guanidine groups is 1. The van der Waals surface area contributed by atoms with Crippen molar-refractivity contribution in [1.82, 2.24) is 10.6 Å². The normalized spacial score (nSPS) is 11.0. The first-order chi connectivity index (χ1) is 13.0. The second kappa shape index (κ2) is 12.4. The molecule has 0 aliphatic heterocycles. The van der Waals surface area contributed by atoms with Gasteiger partial charge in [-0.25, -0.2) is 4.99 Å². The minimum atomic E-state index is -0.0290. The van der Waals surface area contributed by atoms with E-state index in [1.165, 1.54) is 11.1 Å². The van der Waals surface area contributed by atoms with Crippen molar-refractivity contribution >= 4 is 41.5 Å². The highest BCUT2D eigenvalue weighted by Crippen LogP contribution is 2.11. The van der Waals surface area contributed by atoms with E-state index in [9.17, 15) is 4.79 Å². The lowest BCUT2D eigenvalue weighted by molar-refractivity contribution is -0.118. The highest BCUT2D eigenvalue weighted by molar-refractivity contribution is 14.0. The van der Waals surface area contributed by atoms with Crippen LogP contribution in [0, 0.1) is 12.8 Å². The fourth-order valence-electron chi connectivity index (χ4n) is 2.50. The van der Waals surface area contributed by atoms with Crippen molar-refractivity contribution in [1.29, 1.82) is 0 Å². The average molecular weight is 494 g/mol. The molecule has 5 nitrogen and oxygen atoms in total. The van der Waals surface area contributed by atoms with Crippen LogP contribution in [-0.4, -0.2) is 18.4 Å². The Hall–Kier alpha value is -2.09. The molecule has 0 aliphatic carbocycles. The number of nitrogens with zero attached hydrogens (tertiary/aromatic N) is 1. The number of hydrogen-bond acceptors (Lipinski definition) is 2. The number of amides is 1. The molecule has 28 heavy (non-hydrogen) atoms. The van der Waals surface area contributed by atoms with E-state index in [2.05, 4.69) is 59.1 Å². The second-order valence-electron chi connectivity index (χ2n) is 6.88. The van der Waals surface area contributed by atoms with E-state index in [-0.39, 0.29) is 35.8 Å². The number of aryl methyl sites for hydroxylation is 1. The van der Waals surface area contributed by atoms with Gasteiger partial charge in [-0.15, -0.1) is 24.0 Å². The Morgan fingerprint density at radius 2 is 1.75 bits per heavy atom. The SMILES string of the molecule is CCNC(=NCc1cccc(C)c1)NCc1ccc(NC(=O)C(C)C)cc1.I. The van der Waals surface area contributed by atoms with Crippen molar-refractivity contribution in [2.45, 2.75) is 40.8 Å². The van der Waals surface area contributed by atoms with Crippen LogP contribution >= 0.6 is 24.0 Å². The van der Waals surface area contributed by atoms with Gasteiger partial charge in [0.2, 0.25) is 5.91 Å². The van der Waals surface area contributed by atoms with Crippen molar-refractivity contribution in [3.05, 3.63) is 65.2 Å². The van der Waals surface area contributed by atoms with Gasteiger partial charge < -0.3 is 16.0 Å². The van der Waals surface area contributed by atoms with Crippen LogP contribution in [0.15, 0.2) is 53.5 Å². The fourth-order valence-corrected chi connectivity index (χ4v) is 2.50. The van der Waals surface area contributed by atoms with Crippen LogP contribution in [0.3, 0.4) is 0 Å². The number of aliphatic imine (C=N–C) groups is 1. The van der Waals surface area contributed by atoms with Gasteiger partial charge in [0.25, 0.3) is 0 Å². The number of halogens is 1. The Labute approximate surface area is 185 Å². The van der Waals surface area contributed by atoms with Crippen LogP contribution in [0.25, 0.3) is 0 Å². The Kier molecular flexibility index (Phi) is 10.6. The summed E-state index contributed by atoms with van der Waals surface area (Å²) in [5, 5.41) is 9.52. The summed E-state index contributed by atoms with van der Waals surface area (Å²) in [4.78, 5) is 16.4. The molecule has 0 heterocycles. The third kappa shape index (κ3) is 8.29. The standard InChI is InChI=1S/C22H30N4O.HI/c1-5-23-22(25-15-19-8-6-7-17(4)13-19)24-14-18-9-11-20(12-10-18)26-21(27)16(2)3;/h6-13,16H,5,14-15H2,1-4H3,(H,26,27)(H2,23,24,25);1H. The summed E-state index contributed by atoms with van der Waals surface area (Å²) in [5.74, 6) is 0.786. The van der Waals surface area contributed by atoms with Gasteiger partial charge in [-0.1, -0.05) is 55.8 Å². The molecule has 2 rings (SSSR count). The Morgan fingerprint density at radius 3 is 2.36 bits per heavy atom. The molecule has 6 heteroatoms. The van der Waals surface area contributed by atoms with Crippen molar-refractivity contribution in [2.24, 2.45) is 10.9 Å². The molecule has 0 bridgehead atoms. The summed E-state index contributed by atoms with van der Waals surface area (Å²) in [6, 6.07) is 16.2. The lowest BCUT2D eigenvalue weighted by Crippen LogP contribution is -2.36. The van der Waals surface area contributed by atoms with Crippen LogP contribution in [0.5, 0.6) is 0 Å². The smallest absolute Gasteiger partial charge is 0.226 e. The number of anilines is 1. The van der Waals surface area contributed by atoms with Gasteiger partial charge in [-0.05, 0) is 37.1 Å². The van der Waals surface area contributed by atoms with Crippen molar-refractivity contribution in [3.63, 3.8) is 0 Å². The molecular formula is C22H31IN4O. The minimum Gasteiger partial charge on any atom is -0.357 e. The van der Waals surface area contributed by atoms with E-state index >= 15 is 0 Å². The topological polar surface area (TPSA) is 65.5 Å². The van der Waals surface area contributed by atoms with Crippen molar-refractivity contribution in [3.8, 4) is 0 Å². The zero-order valence-electron chi connectivity index (χ0n) is 17.1. The van der Waals surface area contributed by atoms with Crippen LogP contribution in [0.2, 0.25) is 0 Å². The highest BCUT2D eigenvalue weighted by Gasteiger charge is 2.06. The molecule has 0 aromatic heterocycles. The summed E-state index contributed by atoms with van der Waals surface area (Å²) < 4.78 is 0. The maximum atomic E-state index is 11.7. The molecular weight excluding hydrogens is 463 g/mol. The predicted octanol–water partition coefficient (Wildman–Crippen LogP) is 4.46. The average Bonchev–Trinajstić information content (AvgIpc) is 2.65. The zero-order chi connectivity index (χ0) is 19.6. The van der Waals surface area contributed by atoms with E-state index in [0.717, 1.165) is 23.8 Å². The minimum absolute atomic E-state index is 0. The summed E-state index contributed by atoms with van der Waals surface area (Å²) >= 11 is 0. The predicted molar refractivity (Wildman–Crippen MR) is 128 cm³/mol. The van der Waals surface area contributed by atoms with Crippen molar-refractivity contribution in [2.75, 3.05) is 11.9 Å². The maximum Gasteiger partial charge on any atom is 0.226 e. The van der Waals surface area contributed by atoms with E-state index < -0.39 is 0 Å². The van der Waals surface area contributed by atoms with E-state index in [1.54, 1.807) is 0 Å². The molecule has 0 spiro atoms. The molecule has 0 fully saturated rings. The number of carbonyl (C=O) groups excluding carboxylic acids is 1. The van der Waals surface area contributed by atoms with Crippen LogP contribution in [0.4, 0.5) is 5.69 Å². The fraction of sp³-hybridized carbons (Fsp3) is 0.364. The van der Waals surface area contributed by atoms with E-state index in [0.29, 0.717) is 13.1 Å². The molecule has 0 unspecified atom stereocenters. The molecule has 152 valence electrons. The first kappa shape index (κ1) is 23.9. The Morgan fingerprint density at radius 1 is 1.04 bits per heavy atom. The first-order valence-corrected chi connectivity index (χ1v) is 9.45. The number of rotatable bonds is 7. The summed E-state index contributed by atoms with van der Waals surface area (Å²) in [6.07, 6.45) is 0. The maximum absolute atomic E-state index is 11.7. The third-order valence-corrected chi connectivity index (χ3v) is 4.05. The number of nitrogens with one attached hydrogen (secondary N) is 3. The molecule has 3 N–H and O–H groups in total.